The van der Waals surface area contributed by atoms with Crippen molar-refractivity contribution in [3.8, 4) is 5.75 Å². The molecule has 1 heterocycles. The lowest BCUT2D eigenvalue weighted by molar-refractivity contribution is 0.0981. The summed E-state index contributed by atoms with van der Waals surface area (Å²) in [6.45, 7) is 2.06. The number of rotatable bonds is 7. The number of carbonyl (C=O) groups excluding carboxylic acids is 1. The number of methoxy groups -OCH3 is 1. The van der Waals surface area contributed by atoms with Crippen LogP contribution < -0.4 is 9.46 Å². The lowest BCUT2D eigenvalue weighted by atomic mass is 10.3. The van der Waals surface area contributed by atoms with Gasteiger partial charge in [0.2, 0.25) is 0 Å². The maximum absolute atomic E-state index is 12.5. The standard InChI is InChI=1S/C14H15ClN2O5S2/c1-9-11(8-23-16-9)14(18)17-24(19,20)13-7-10(15)3-4-12(13)22-6-5-21-2/h3-4,7-8H,5-6H2,1-2H3,(H,17,18). The summed E-state index contributed by atoms with van der Waals surface area (Å²) < 4.78 is 41.3. The Kier molecular flexibility index (Phi) is 6.16. The second-order valence-electron chi connectivity index (χ2n) is 4.68. The van der Waals surface area contributed by atoms with Crippen LogP contribution in [-0.2, 0) is 14.8 Å². The third-order valence-corrected chi connectivity index (χ3v) is 5.27. The van der Waals surface area contributed by atoms with Gasteiger partial charge >= 0.3 is 0 Å². The van der Waals surface area contributed by atoms with E-state index in [0.717, 1.165) is 11.5 Å². The minimum atomic E-state index is -4.17. The van der Waals surface area contributed by atoms with E-state index < -0.39 is 15.9 Å². The van der Waals surface area contributed by atoms with Gasteiger partial charge in [-0.3, -0.25) is 4.79 Å². The molecule has 0 saturated heterocycles. The molecule has 10 heteroatoms. The lowest BCUT2D eigenvalue weighted by Gasteiger charge is -2.13. The van der Waals surface area contributed by atoms with Crippen molar-refractivity contribution in [3.63, 3.8) is 0 Å². The molecule has 1 amide bonds. The van der Waals surface area contributed by atoms with Gasteiger partial charge < -0.3 is 9.47 Å². The summed E-state index contributed by atoms with van der Waals surface area (Å²) in [5.41, 5.74) is 0.655. The van der Waals surface area contributed by atoms with Crippen molar-refractivity contribution in [1.82, 2.24) is 9.10 Å². The van der Waals surface area contributed by atoms with Crippen molar-refractivity contribution in [2.75, 3.05) is 20.3 Å². The van der Waals surface area contributed by atoms with Crippen molar-refractivity contribution < 1.29 is 22.7 Å². The second kappa shape index (κ2) is 7.93. The fraction of sp³-hybridized carbons (Fsp3) is 0.286. The molecule has 1 aromatic heterocycles. The highest BCUT2D eigenvalue weighted by Crippen LogP contribution is 2.27. The van der Waals surface area contributed by atoms with Crippen LogP contribution in [0.3, 0.4) is 0 Å². The predicted octanol–water partition coefficient (Wildman–Crippen LogP) is 2.25. The molecule has 2 aromatic rings. The molecule has 0 atom stereocenters. The van der Waals surface area contributed by atoms with E-state index in [1.54, 1.807) is 6.92 Å². The molecule has 1 N–H and O–H groups in total. The Labute approximate surface area is 148 Å². The summed E-state index contributed by atoms with van der Waals surface area (Å²) in [6.07, 6.45) is 0. The predicted molar refractivity (Wildman–Crippen MR) is 90.3 cm³/mol. The van der Waals surface area contributed by atoms with Crippen LogP contribution in [-0.4, -0.2) is 39.0 Å². The number of hydrogen-bond acceptors (Lipinski definition) is 7. The Morgan fingerprint density at radius 3 is 2.75 bits per heavy atom. The van der Waals surface area contributed by atoms with Crippen molar-refractivity contribution in [2.24, 2.45) is 0 Å². The molecule has 0 aliphatic carbocycles. The SMILES string of the molecule is COCCOc1ccc(Cl)cc1S(=O)(=O)NC(=O)c1csnc1C. The summed E-state index contributed by atoms with van der Waals surface area (Å²) in [5, 5.41) is 1.68. The lowest BCUT2D eigenvalue weighted by Crippen LogP contribution is -2.31. The van der Waals surface area contributed by atoms with E-state index >= 15 is 0 Å². The monoisotopic (exact) mass is 390 g/mol. The number of aryl methyl sites for hydroxylation is 1. The van der Waals surface area contributed by atoms with Gasteiger partial charge in [0.1, 0.15) is 17.3 Å². The average Bonchev–Trinajstić information content (AvgIpc) is 2.94. The van der Waals surface area contributed by atoms with Crippen LogP contribution in [0.25, 0.3) is 0 Å². The van der Waals surface area contributed by atoms with E-state index in [2.05, 4.69) is 4.37 Å². The van der Waals surface area contributed by atoms with Gasteiger partial charge in [0.05, 0.1) is 17.9 Å². The summed E-state index contributed by atoms with van der Waals surface area (Å²) in [6, 6.07) is 4.14. The number of aromatic nitrogens is 1. The molecular weight excluding hydrogens is 376 g/mol. The Morgan fingerprint density at radius 1 is 1.38 bits per heavy atom. The summed E-state index contributed by atoms with van der Waals surface area (Å²) in [5.74, 6) is -0.680. The van der Waals surface area contributed by atoms with Crippen molar-refractivity contribution in [1.29, 1.82) is 0 Å². The van der Waals surface area contributed by atoms with Crippen LogP contribution in [0.4, 0.5) is 0 Å². The van der Waals surface area contributed by atoms with Gasteiger partial charge in [0, 0.05) is 17.5 Å². The van der Waals surface area contributed by atoms with Crippen LogP contribution in [0.1, 0.15) is 16.1 Å². The maximum Gasteiger partial charge on any atom is 0.268 e. The van der Waals surface area contributed by atoms with Gasteiger partial charge in [-0.2, -0.15) is 4.37 Å². The second-order valence-corrected chi connectivity index (χ2v) is 7.40. The molecule has 1 aromatic carbocycles. The van der Waals surface area contributed by atoms with Crippen LogP contribution in [0.2, 0.25) is 5.02 Å². The van der Waals surface area contributed by atoms with Gasteiger partial charge in [-0.1, -0.05) is 11.6 Å². The number of nitrogens with one attached hydrogen (secondary N) is 1. The summed E-state index contributed by atoms with van der Waals surface area (Å²) in [7, 11) is -2.67. The van der Waals surface area contributed by atoms with Gasteiger partial charge in [-0.25, -0.2) is 13.1 Å². The number of hydrogen-bond donors (Lipinski definition) is 1. The Balaban J connectivity index is 2.29. The minimum absolute atomic E-state index is 0.0805. The highest BCUT2D eigenvalue weighted by molar-refractivity contribution is 7.90. The Bertz CT molecular complexity index is 835. The average molecular weight is 391 g/mol. The molecular formula is C14H15ClN2O5S2. The smallest absolute Gasteiger partial charge is 0.268 e. The zero-order valence-corrected chi connectivity index (χ0v) is 15.3. The number of halogens is 1. The van der Waals surface area contributed by atoms with E-state index in [1.165, 1.54) is 30.7 Å². The zero-order valence-electron chi connectivity index (χ0n) is 12.9. The van der Waals surface area contributed by atoms with E-state index in [1.807, 2.05) is 4.72 Å². The molecule has 0 aliphatic rings. The van der Waals surface area contributed by atoms with Crippen molar-refractivity contribution in [3.05, 3.63) is 39.9 Å². The van der Waals surface area contributed by atoms with Crippen LogP contribution in [0, 0.1) is 6.92 Å². The number of benzene rings is 1. The molecule has 0 unspecified atom stereocenters. The van der Waals surface area contributed by atoms with Gasteiger partial charge in [0.25, 0.3) is 15.9 Å². The molecule has 0 aliphatic heterocycles. The fourth-order valence-corrected chi connectivity index (χ4v) is 3.86. The van der Waals surface area contributed by atoms with E-state index in [4.69, 9.17) is 21.1 Å². The molecule has 0 radical (unpaired) electrons. The van der Waals surface area contributed by atoms with E-state index in [0.29, 0.717) is 5.69 Å². The molecule has 0 fully saturated rings. The molecule has 7 nitrogen and oxygen atoms in total. The normalized spacial score (nSPS) is 11.3. The number of ether oxygens (including phenoxy) is 2. The van der Waals surface area contributed by atoms with E-state index in [-0.39, 0.29) is 34.4 Å². The van der Waals surface area contributed by atoms with E-state index in [9.17, 15) is 13.2 Å². The number of carbonyl (C=O) groups is 1. The molecule has 24 heavy (non-hydrogen) atoms. The van der Waals surface area contributed by atoms with Crippen LogP contribution in [0.15, 0.2) is 28.5 Å². The first kappa shape index (κ1) is 18.7. The molecule has 0 bridgehead atoms. The number of amides is 1. The third-order valence-electron chi connectivity index (χ3n) is 2.96. The van der Waals surface area contributed by atoms with Crippen LogP contribution in [0.5, 0.6) is 5.75 Å². The first-order chi connectivity index (χ1) is 11.3. The highest BCUT2D eigenvalue weighted by atomic mass is 35.5. The molecule has 0 saturated carbocycles. The van der Waals surface area contributed by atoms with Gasteiger partial charge in [-0.05, 0) is 36.7 Å². The van der Waals surface area contributed by atoms with Gasteiger partial charge in [-0.15, -0.1) is 0 Å². The quantitative estimate of drug-likeness (QED) is 0.728. The molecule has 0 spiro atoms. The third kappa shape index (κ3) is 4.44. The number of nitrogens with zero attached hydrogens (tertiary/aromatic N) is 1. The Hall–Kier alpha value is -1.68. The van der Waals surface area contributed by atoms with Crippen molar-refractivity contribution in [2.45, 2.75) is 11.8 Å². The maximum atomic E-state index is 12.5. The Morgan fingerprint density at radius 2 is 2.12 bits per heavy atom. The molecule has 130 valence electrons. The summed E-state index contributed by atoms with van der Waals surface area (Å²) >= 11 is 6.95. The minimum Gasteiger partial charge on any atom is -0.490 e. The van der Waals surface area contributed by atoms with Gasteiger partial charge in [0.15, 0.2) is 0 Å². The first-order valence-corrected chi connectivity index (χ1v) is 9.44. The molecule has 2 rings (SSSR count). The first-order valence-electron chi connectivity index (χ1n) is 6.74. The number of sulfonamides is 1. The van der Waals surface area contributed by atoms with Crippen LogP contribution >= 0.6 is 23.1 Å². The zero-order chi connectivity index (χ0) is 17.7. The van der Waals surface area contributed by atoms with Crippen molar-refractivity contribution >= 4 is 39.1 Å². The highest BCUT2D eigenvalue weighted by Gasteiger charge is 2.24. The summed E-state index contributed by atoms with van der Waals surface area (Å²) in [4.78, 5) is 11.9. The fourth-order valence-electron chi connectivity index (χ4n) is 1.79. The largest absolute Gasteiger partial charge is 0.490 e. The topological polar surface area (TPSA) is 94.6 Å².